The molecule has 1 aliphatic heterocycles. The first-order valence-corrected chi connectivity index (χ1v) is 14.5. The number of anilines is 1. The molecule has 1 unspecified atom stereocenters. The lowest BCUT2D eigenvalue weighted by molar-refractivity contribution is -0.147. The Hall–Kier alpha value is -3.97. The van der Waals surface area contributed by atoms with Crippen molar-refractivity contribution in [2.75, 3.05) is 18.4 Å². The molecule has 1 heterocycles. The van der Waals surface area contributed by atoms with Crippen LogP contribution in [0.15, 0.2) is 48.5 Å². The van der Waals surface area contributed by atoms with E-state index in [-0.39, 0.29) is 50.6 Å². The normalized spacial score (nSPS) is 16.9. The first-order valence-electron chi connectivity index (χ1n) is 14.5. The van der Waals surface area contributed by atoms with Gasteiger partial charge in [-0.2, -0.15) is 26.3 Å². The van der Waals surface area contributed by atoms with Crippen LogP contribution in [0.4, 0.5) is 41.6 Å². The lowest BCUT2D eigenvalue weighted by atomic mass is 9.94. The molecule has 0 aromatic heterocycles. The number of carbonyl (C=O) groups excluding carboxylic acids is 3. The Balaban J connectivity index is 1.40. The molecule has 1 saturated heterocycles. The van der Waals surface area contributed by atoms with Gasteiger partial charge in [0.1, 0.15) is 6.61 Å². The van der Waals surface area contributed by atoms with Crippen LogP contribution in [0.25, 0.3) is 0 Å². The van der Waals surface area contributed by atoms with E-state index in [9.17, 15) is 40.7 Å². The third-order valence-electron chi connectivity index (χ3n) is 7.80. The number of alkyl halides is 6. The van der Waals surface area contributed by atoms with E-state index in [0.717, 1.165) is 41.3 Å². The highest BCUT2D eigenvalue weighted by Crippen LogP contribution is 2.38. The summed E-state index contributed by atoms with van der Waals surface area (Å²) in [7, 11) is 0. The number of alkyl carbamates (subject to hydrolysis) is 1. The maximum atomic E-state index is 13.3. The number of hydrogen-bond acceptors (Lipinski definition) is 4. The van der Waals surface area contributed by atoms with Gasteiger partial charge < -0.3 is 15.4 Å². The number of halogens is 6. The molecule has 1 saturated carbocycles. The van der Waals surface area contributed by atoms with Crippen LogP contribution in [0.5, 0.6) is 0 Å². The van der Waals surface area contributed by atoms with Gasteiger partial charge in [-0.25, -0.2) is 14.6 Å². The average Bonchev–Trinajstić information content (AvgIpc) is 3.52. The molecule has 2 N–H and O–H groups in total. The predicted octanol–water partition coefficient (Wildman–Crippen LogP) is 7.36. The second-order valence-electron chi connectivity index (χ2n) is 11.0. The first kappa shape index (κ1) is 32.9. The van der Waals surface area contributed by atoms with Crippen LogP contribution in [0.1, 0.15) is 68.1 Å². The minimum Gasteiger partial charge on any atom is -0.445 e. The number of nitrogens with one attached hydrogen (secondary N) is 2. The van der Waals surface area contributed by atoms with Gasteiger partial charge in [0.2, 0.25) is 5.91 Å². The number of benzene rings is 2. The number of nitrogens with zero attached hydrogens (tertiary/aromatic N) is 2. The van der Waals surface area contributed by atoms with Crippen molar-refractivity contribution in [3.05, 3.63) is 65.2 Å². The Morgan fingerprint density at radius 1 is 0.841 bits per heavy atom. The third kappa shape index (κ3) is 9.02. The van der Waals surface area contributed by atoms with Gasteiger partial charge in [0, 0.05) is 31.2 Å². The van der Waals surface area contributed by atoms with Crippen LogP contribution in [-0.2, 0) is 28.5 Å². The summed E-state index contributed by atoms with van der Waals surface area (Å²) in [6, 6.07) is 8.56. The van der Waals surface area contributed by atoms with E-state index < -0.39 is 47.2 Å². The second-order valence-corrected chi connectivity index (χ2v) is 11.0. The number of amides is 4. The number of hydrazine groups is 1. The van der Waals surface area contributed by atoms with E-state index in [4.69, 9.17) is 4.74 Å². The molecular weight excluding hydrogens is 594 g/mol. The maximum Gasteiger partial charge on any atom is 0.416 e. The van der Waals surface area contributed by atoms with Crippen molar-refractivity contribution in [2.24, 2.45) is 5.92 Å². The fourth-order valence-corrected chi connectivity index (χ4v) is 5.56. The van der Waals surface area contributed by atoms with E-state index in [2.05, 4.69) is 10.6 Å². The van der Waals surface area contributed by atoms with Gasteiger partial charge in [-0.05, 0) is 61.8 Å². The SMILES string of the molecule is O=C(NC(CCC(=O)N1CCCCN1C(=O)Nc1cc(C(F)(F)F)cc(C(F)(F)F)c1)C1CCCC1)OCc1ccccc1. The number of ether oxygens (including phenoxy) is 1. The average molecular weight is 629 g/mol. The highest BCUT2D eigenvalue weighted by molar-refractivity contribution is 5.91. The Kier molecular flexibility index (Phi) is 10.6. The van der Waals surface area contributed by atoms with E-state index in [0.29, 0.717) is 25.0 Å². The molecule has 4 amide bonds. The van der Waals surface area contributed by atoms with Crippen molar-refractivity contribution < 1.29 is 45.5 Å². The van der Waals surface area contributed by atoms with Gasteiger partial charge in [0.05, 0.1) is 11.1 Å². The largest absolute Gasteiger partial charge is 0.445 e. The van der Waals surface area contributed by atoms with E-state index in [1.54, 1.807) is 0 Å². The molecule has 1 aliphatic carbocycles. The fraction of sp³-hybridized carbons (Fsp3) is 0.500. The van der Waals surface area contributed by atoms with Gasteiger partial charge in [0.25, 0.3) is 0 Å². The van der Waals surface area contributed by atoms with Gasteiger partial charge in [-0.15, -0.1) is 0 Å². The molecular formula is C30H34F6N4O4. The zero-order valence-electron chi connectivity index (χ0n) is 23.8. The molecule has 1 atom stereocenters. The summed E-state index contributed by atoms with van der Waals surface area (Å²) in [4.78, 5) is 39.0. The van der Waals surface area contributed by atoms with Crippen LogP contribution >= 0.6 is 0 Å². The standard InChI is InChI=1S/C30H34F6N4O4/c31-29(32,33)22-16-23(30(34,35)36)18-24(17-22)37-27(42)40-15-7-6-14-39(40)26(41)13-12-25(21-10-4-5-11-21)38-28(43)44-19-20-8-2-1-3-9-20/h1-3,8-9,16-18,21,25H,4-7,10-15,19H2,(H,37,42)(H,38,43). The van der Waals surface area contributed by atoms with Gasteiger partial charge in [-0.1, -0.05) is 43.2 Å². The fourth-order valence-electron chi connectivity index (χ4n) is 5.56. The summed E-state index contributed by atoms with van der Waals surface area (Å²) >= 11 is 0. The van der Waals surface area contributed by atoms with Crippen molar-refractivity contribution in [1.29, 1.82) is 0 Å². The number of carbonyl (C=O) groups is 3. The van der Waals surface area contributed by atoms with Crippen LogP contribution in [0, 0.1) is 5.92 Å². The van der Waals surface area contributed by atoms with Crippen molar-refractivity contribution in [3.8, 4) is 0 Å². The van der Waals surface area contributed by atoms with Crippen LogP contribution in [-0.4, -0.2) is 47.2 Å². The third-order valence-corrected chi connectivity index (χ3v) is 7.80. The van der Waals surface area contributed by atoms with Gasteiger partial charge >= 0.3 is 24.5 Å². The number of rotatable bonds is 8. The summed E-state index contributed by atoms with van der Waals surface area (Å²) in [6.07, 6.45) is -5.82. The van der Waals surface area contributed by atoms with Crippen molar-refractivity contribution in [3.63, 3.8) is 0 Å². The highest BCUT2D eigenvalue weighted by Gasteiger charge is 2.38. The van der Waals surface area contributed by atoms with Gasteiger partial charge in [-0.3, -0.25) is 9.80 Å². The molecule has 2 fully saturated rings. The summed E-state index contributed by atoms with van der Waals surface area (Å²) < 4.78 is 85.0. The van der Waals surface area contributed by atoms with E-state index in [1.807, 2.05) is 30.3 Å². The lowest BCUT2D eigenvalue weighted by Crippen LogP contribution is -2.54. The monoisotopic (exact) mass is 628 g/mol. The molecule has 2 aromatic rings. The van der Waals surface area contributed by atoms with Crippen molar-refractivity contribution in [2.45, 2.75) is 76.4 Å². The molecule has 14 heteroatoms. The Labute approximate surface area is 250 Å². The minimum absolute atomic E-state index is 0.0291. The Morgan fingerprint density at radius 3 is 2.02 bits per heavy atom. The zero-order chi connectivity index (χ0) is 31.9. The molecule has 2 aromatic carbocycles. The molecule has 0 radical (unpaired) electrons. The molecule has 240 valence electrons. The van der Waals surface area contributed by atoms with Crippen LogP contribution in [0.2, 0.25) is 0 Å². The summed E-state index contributed by atoms with van der Waals surface area (Å²) in [5.74, 6) is -0.320. The number of urea groups is 1. The van der Waals surface area contributed by atoms with Gasteiger partial charge in [0.15, 0.2) is 0 Å². The first-order chi connectivity index (χ1) is 20.8. The molecule has 0 bridgehead atoms. The lowest BCUT2D eigenvalue weighted by Gasteiger charge is -2.38. The highest BCUT2D eigenvalue weighted by atomic mass is 19.4. The molecule has 0 spiro atoms. The Bertz CT molecular complexity index is 1270. The van der Waals surface area contributed by atoms with Crippen molar-refractivity contribution in [1.82, 2.24) is 15.3 Å². The minimum atomic E-state index is -5.08. The van der Waals surface area contributed by atoms with E-state index >= 15 is 0 Å². The predicted molar refractivity (Wildman–Crippen MR) is 148 cm³/mol. The molecule has 8 nitrogen and oxygen atoms in total. The van der Waals surface area contributed by atoms with Crippen molar-refractivity contribution >= 4 is 23.7 Å². The molecule has 2 aliphatic rings. The Morgan fingerprint density at radius 2 is 1.43 bits per heavy atom. The second kappa shape index (κ2) is 14.2. The smallest absolute Gasteiger partial charge is 0.416 e. The van der Waals surface area contributed by atoms with Crippen LogP contribution in [0.3, 0.4) is 0 Å². The topological polar surface area (TPSA) is 91.0 Å². The van der Waals surface area contributed by atoms with E-state index in [1.165, 1.54) is 0 Å². The maximum absolute atomic E-state index is 13.3. The summed E-state index contributed by atoms with van der Waals surface area (Å²) in [6.45, 7) is 0.263. The quantitative estimate of drug-likeness (QED) is 0.299. The van der Waals surface area contributed by atoms with Crippen LogP contribution < -0.4 is 10.6 Å². The molecule has 4 rings (SSSR count). The zero-order valence-corrected chi connectivity index (χ0v) is 23.8. The summed E-state index contributed by atoms with van der Waals surface area (Å²) in [5, 5.41) is 7.15. The summed E-state index contributed by atoms with van der Waals surface area (Å²) in [5.41, 5.74) is -3.02. The molecule has 44 heavy (non-hydrogen) atoms. The number of hydrogen-bond donors (Lipinski definition) is 2.